The Hall–Kier alpha value is -1.56. The molecule has 6 nitrogen and oxygen atoms in total. The molecule has 1 amide bonds. The van der Waals surface area contributed by atoms with E-state index in [0.717, 1.165) is 0 Å². The minimum atomic E-state index is -0.417. The maximum absolute atomic E-state index is 12.0. The van der Waals surface area contributed by atoms with E-state index in [1.54, 1.807) is 21.0 Å². The van der Waals surface area contributed by atoms with Gasteiger partial charge in [0.15, 0.2) is 0 Å². The molecule has 0 aliphatic carbocycles. The van der Waals surface area contributed by atoms with E-state index < -0.39 is 6.10 Å². The summed E-state index contributed by atoms with van der Waals surface area (Å²) in [6.07, 6.45) is 1.58. The molecule has 0 aliphatic heterocycles. The molecule has 1 aromatic rings. The average Bonchev–Trinajstić information content (AvgIpc) is 2.54. The van der Waals surface area contributed by atoms with Crippen molar-refractivity contribution in [2.75, 3.05) is 19.3 Å². The van der Waals surface area contributed by atoms with Crippen molar-refractivity contribution < 1.29 is 9.90 Å². The van der Waals surface area contributed by atoms with E-state index in [2.05, 4.69) is 5.10 Å². The highest BCUT2D eigenvalue weighted by Crippen LogP contribution is 2.12. The predicted molar refractivity (Wildman–Crippen MR) is 60.9 cm³/mol. The number of nitrogens with two attached hydrogens (primary N) is 1. The first-order valence-electron chi connectivity index (χ1n) is 5.14. The van der Waals surface area contributed by atoms with E-state index >= 15 is 0 Å². The number of aliphatic hydroxyl groups excluding tert-OH is 1. The van der Waals surface area contributed by atoms with E-state index in [1.807, 2.05) is 0 Å². The molecule has 6 heteroatoms. The zero-order chi connectivity index (χ0) is 12.3. The lowest BCUT2D eigenvalue weighted by atomic mass is 10.2. The first kappa shape index (κ1) is 12.5. The third kappa shape index (κ3) is 2.73. The van der Waals surface area contributed by atoms with Gasteiger partial charge in [-0.2, -0.15) is 5.10 Å². The smallest absolute Gasteiger partial charge is 0.274 e. The van der Waals surface area contributed by atoms with Crippen molar-refractivity contribution in [3.8, 4) is 0 Å². The highest BCUT2D eigenvalue weighted by Gasteiger charge is 2.18. The number of amides is 1. The molecular formula is C10H18N4O2. The molecule has 0 saturated carbocycles. The SMILES string of the molecule is CC(O)CCN(C)C(=O)c1c(N)cnn1C. The summed E-state index contributed by atoms with van der Waals surface area (Å²) in [6.45, 7) is 2.18. The van der Waals surface area contributed by atoms with Crippen LogP contribution in [0.5, 0.6) is 0 Å². The van der Waals surface area contributed by atoms with Crippen LogP contribution < -0.4 is 5.73 Å². The third-order valence-electron chi connectivity index (χ3n) is 2.40. The van der Waals surface area contributed by atoms with Crippen molar-refractivity contribution in [1.29, 1.82) is 0 Å². The van der Waals surface area contributed by atoms with Crippen molar-refractivity contribution >= 4 is 11.6 Å². The van der Waals surface area contributed by atoms with E-state index in [9.17, 15) is 4.79 Å². The maximum Gasteiger partial charge on any atom is 0.274 e. The van der Waals surface area contributed by atoms with E-state index in [4.69, 9.17) is 10.8 Å². The molecule has 0 aliphatic rings. The van der Waals surface area contributed by atoms with Gasteiger partial charge in [0.2, 0.25) is 0 Å². The number of hydrogen-bond acceptors (Lipinski definition) is 4. The van der Waals surface area contributed by atoms with Gasteiger partial charge in [0, 0.05) is 20.6 Å². The quantitative estimate of drug-likeness (QED) is 0.747. The number of anilines is 1. The van der Waals surface area contributed by atoms with Crippen molar-refractivity contribution in [3.05, 3.63) is 11.9 Å². The zero-order valence-corrected chi connectivity index (χ0v) is 9.84. The van der Waals surface area contributed by atoms with Gasteiger partial charge in [-0.25, -0.2) is 0 Å². The van der Waals surface area contributed by atoms with E-state index in [0.29, 0.717) is 24.3 Å². The molecule has 3 N–H and O–H groups in total. The van der Waals surface area contributed by atoms with Gasteiger partial charge in [0.25, 0.3) is 5.91 Å². The minimum absolute atomic E-state index is 0.182. The predicted octanol–water partition coefficient (Wildman–Crippen LogP) is -0.155. The molecule has 1 aromatic heterocycles. The Labute approximate surface area is 94.6 Å². The number of nitrogen functional groups attached to an aromatic ring is 1. The Bertz CT molecular complexity index is 353. The number of nitrogens with zero attached hydrogens (tertiary/aromatic N) is 3. The summed E-state index contributed by atoms with van der Waals surface area (Å²) in [6, 6.07) is 0. The first-order chi connectivity index (χ1) is 7.43. The Morgan fingerprint density at radius 2 is 2.38 bits per heavy atom. The second-order valence-corrected chi connectivity index (χ2v) is 3.94. The standard InChI is InChI=1S/C10H18N4O2/c1-7(15)4-5-13(2)10(16)9-8(11)6-12-14(9)3/h6-7,15H,4-5,11H2,1-3H3. The van der Waals surface area contributed by atoms with Crippen LogP contribution >= 0.6 is 0 Å². The van der Waals surface area contributed by atoms with Gasteiger partial charge in [-0.3, -0.25) is 9.48 Å². The molecule has 0 bridgehead atoms. The monoisotopic (exact) mass is 226 g/mol. The first-order valence-corrected chi connectivity index (χ1v) is 5.14. The van der Waals surface area contributed by atoms with Crippen LogP contribution in [-0.4, -0.2) is 45.4 Å². The second-order valence-electron chi connectivity index (χ2n) is 3.94. The lowest BCUT2D eigenvalue weighted by molar-refractivity contribution is 0.0759. The van der Waals surface area contributed by atoms with E-state index in [-0.39, 0.29) is 5.91 Å². The fourth-order valence-corrected chi connectivity index (χ4v) is 1.38. The van der Waals surface area contributed by atoms with Crippen molar-refractivity contribution in [2.45, 2.75) is 19.4 Å². The molecule has 1 heterocycles. The van der Waals surface area contributed by atoms with Crippen LogP contribution in [-0.2, 0) is 7.05 Å². The molecule has 0 spiro atoms. The number of carbonyl (C=O) groups excluding carboxylic acids is 1. The van der Waals surface area contributed by atoms with Crippen molar-refractivity contribution in [3.63, 3.8) is 0 Å². The summed E-state index contributed by atoms with van der Waals surface area (Å²) in [4.78, 5) is 13.5. The van der Waals surface area contributed by atoms with Crippen molar-refractivity contribution in [2.24, 2.45) is 7.05 Å². The number of aryl methyl sites for hydroxylation is 1. The molecule has 90 valence electrons. The van der Waals surface area contributed by atoms with Crippen molar-refractivity contribution in [1.82, 2.24) is 14.7 Å². The lowest BCUT2D eigenvalue weighted by Crippen LogP contribution is -2.31. The largest absolute Gasteiger partial charge is 0.396 e. The molecule has 0 fully saturated rings. The van der Waals surface area contributed by atoms with Crippen LogP contribution in [0.25, 0.3) is 0 Å². The van der Waals surface area contributed by atoms with Gasteiger partial charge in [-0.05, 0) is 13.3 Å². The molecule has 0 aromatic carbocycles. The van der Waals surface area contributed by atoms with Crippen LogP contribution in [0.4, 0.5) is 5.69 Å². The Balaban J connectivity index is 2.71. The molecule has 1 atom stereocenters. The number of rotatable bonds is 4. The number of hydrogen-bond donors (Lipinski definition) is 2. The zero-order valence-electron chi connectivity index (χ0n) is 9.84. The third-order valence-corrected chi connectivity index (χ3v) is 2.40. The lowest BCUT2D eigenvalue weighted by Gasteiger charge is -2.18. The van der Waals surface area contributed by atoms with Gasteiger partial charge in [-0.15, -0.1) is 0 Å². The number of carbonyl (C=O) groups is 1. The summed E-state index contributed by atoms with van der Waals surface area (Å²) >= 11 is 0. The molecular weight excluding hydrogens is 208 g/mol. The molecule has 16 heavy (non-hydrogen) atoms. The molecule has 1 rings (SSSR count). The topological polar surface area (TPSA) is 84.4 Å². The van der Waals surface area contributed by atoms with Crippen LogP contribution in [0.1, 0.15) is 23.8 Å². The van der Waals surface area contributed by atoms with Crippen LogP contribution in [0.3, 0.4) is 0 Å². The Morgan fingerprint density at radius 3 is 2.81 bits per heavy atom. The van der Waals surface area contributed by atoms with Crippen LogP contribution in [0.2, 0.25) is 0 Å². The van der Waals surface area contributed by atoms with Gasteiger partial charge in [0.1, 0.15) is 5.69 Å². The maximum atomic E-state index is 12.0. The summed E-state index contributed by atoms with van der Waals surface area (Å²) in [5, 5.41) is 13.1. The second kappa shape index (κ2) is 4.98. The minimum Gasteiger partial charge on any atom is -0.396 e. The number of aromatic nitrogens is 2. The summed E-state index contributed by atoms with van der Waals surface area (Å²) in [7, 11) is 3.35. The fraction of sp³-hybridized carbons (Fsp3) is 0.600. The normalized spacial score (nSPS) is 12.5. The van der Waals surface area contributed by atoms with Gasteiger partial charge < -0.3 is 15.7 Å². The summed E-state index contributed by atoms with van der Waals surface area (Å²) in [5.41, 5.74) is 6.41. The van der Waals surface area contributed by atoms with Crippen LogP contribution in [0.15, 0.2) is 6.20 Å². The van der Waals surface area contributed by atoms with Gasteiger partial charge in [0.05, 0.1) is 18.0 Å². The highest BCUT2D eigenvalue weighted by atomic mass is 16.3. The summed E-state index contributed by atoms with van der Waals surface area (Å²) < 4.78 is 1.45. The highest BCUT2D eigenvalue weighted by molar-refractivity contribution is 5.97. The molecule has 0 radical (unpaired) electrons. The molecule has 1 unspecified atom stereocenters. The van der Waals surface area contributed by atoms with Gasteiger partial charge in [-0.1, -0.05) is 0 Å². The van der Waals surface area contributed by atoms with Crippen LogP contribution in [0, 0.1) is 0 Å². The fourth-order valence-electron chi connectivity index (χ4n) is 1.38. The summed E-state index contributed by atoms with van der Waals surface area (Å²) in [5.74, 6) is -0.182. The Morgan fingerprint density at radius 1 is 1.75 bits per heavy atom. The average molecular weight is 226 g/mol. The molecule has 0 saturated heterocycles. The Kier molecular flexibility index (Phi) is 3.89. The van der Waals surface area contributed by atoms with E-state index in [1.165, 1.54) is 15.8 Å². The van der Waals surface area contributed by atoms with Gasteiger partial charge >= 0.3 is 0 Å². The number of aliphatic hydroxyl groups is 1.